The molecule has 0 aliphatic carbocycles. The summed E-state index contributed by atoms with van der Waals surface area (Å²) in [5, 5.41) is 0.369. The van der Waals surface area contributed by atoms with Gasteiger partial charge in [0.1, 0.15) is 0 Å². The van der Waals surface area contributed by atoms with Crippen molar-refractivity contribution in [2.75, 3.05) is 5.73 Å². The van der Waals surface area contributed by atoms with Gasteiger partial charge in [0.05, 0.1) is 15.6 Å². The highest BCUT2D eigenvalue weighted by Gasteiger charge is 2.20. The second kappa shape index (κ2) is 5.91. The number of nitrogen functional groups attached to an aromatic ring is 1. The molecular weight excluding hydrogens is 272 g/mol. The highest BCUT2D eigenvalue weighted by molar-refractivity contribution is 7.89. The van der Waals surface area contributed by atoms with Gasteiger partial charge in [0.15, 0.2) is 0 Å². The molecule has 6 heteroatoms. The lowest BCUT2D eigenvalue weighted by Crippen LogP contribution is -2.32. The van der Waals surface area contributed by atoms with Crippen molar-refractivity contribution in [1.29, 1.82) is 0 Å². The van der Waals surface area contributed by atoms with Gasteiger partial charge in [-0.25, -0.2) is 13.1 Å². The molecule has 1 rings (SSSR count). The SMILES string of the molecule is CCCC(C)NS(=O)(=O)c1cc(N)c(Cl)cc1C. The minimum Gasteiger partial charge on any atom is -0.397 e. The number of anilines is 1. The summed E-state index contributed by atoms with van der Waals surface area (Å²) in [5.41, 5.74) is 6.51. The van der Waals surface area contributed by atoms with E-state index in [0.717, 1.165) is 12.8 Å². The summed E-state index contributed by atoms with van der Waals surface area (Å²) in [4.78, 5) is 0.187. The first kappa shape index (κ1) is 15.3. The molecule has 1 atom stereocenters. The number of benzene rings is 1. The first-order chi connectivity index (χ1) is 8.27. The minimum atomic E-state index is -3.54. The Hall–Kier alpha value is -0.780. The average molecular weight is 291 g/mol. The molecule has 18 heavy (non-hydrogen) atoms. The van der Waals surface area contributed by atoms with E-state index < -0.39 is 10.0 Å². The molecule has 0 saturated carbocycles. The minimum absolute atomic E-state index is 0.101. The zero-order valence-electron chi connectivity index (χ0n) is 10.8. The highest BCUT2D eigenvalue weighted by atomic mass is 35.5. The number of aryl methyl sites for hydroxylation is 1. The van der Waals surface area contributed by atoms with Crippen LogP contribution in [0.3, 0.4) is 0 Å². The summed E-state index contributed by atoms with van der Waals surface area (Å²) in [6.07, 6.45) is 1.72. The lowest BCUT2D eigenvalue weighted by atomic mass is 10.2. The van der Waals surface area contributed by atoms with Crippen LogP contribution in [0.4, 0.5) is 5.69 Å². The molecule has 0 spiro atoms. The third-order valence-electron chi connectivity index (χ3n) is 2.66. The van der Waals surface area contributed by atoms with Crippen LogP contribution in [0.2, 0.25) is 5.02 Å². The standard InChI is InChI=1S/C12H19ClN2O2S/c1-4-5-9(3)15-18(16,17)12-7-11(14)10(13)6-8(12)2/h6-7,9,15H,4-5,14H2,1-3H3. The molecule has 1 aromatic rings. The van der Waals surface area contributed by atoms with Gasteiger partial charge in [0, 0.05) is 6.04 Å². The molecule has 1 aromatic carbocycles. The smallest absolute Gasteiger partial charge is 0.241 e. The van der Waals surface area contributed by atoms with E-state index in [1.54, 1.807) is 13.0 Å². The van der Waals surface area contributed by atoms with Crippen LogP contribution < -0.4 is 10.5 Å². The lowest BCUT2D eigenvalue weighted by Gasteiger charge is -2.15. The van der Waals surface area contributed by atoms with Crippen molar-refractivity contribution in [2.24, 2.45) is 0 Å². The quantitative estimate of drug-likeness (QED) is 0.819. The summed E-state index contributed by atoms with van der Waals surface area (Å²) >= 11 is 5.85. The Morgan fingerprint density at radius 2 is 2.06 bits per heavy atom. The van der Waals surface area contributed by atoms with Crippen molar-refractivity contribution in [3.63, 3.8) is 0 Å². The second-order valence-electron chi connectivity index (χ2n) is 4.45. The average Bonchev–Trinajstić information content (AvgIpc) is 2.22. The van der Waals surface area contributed by atoms with Gasteiger partial charge in [-0.1, -0.05) is 24.9 Å². The fourth-order valence-corrected chi connectivity index (χ4v) is 3.54. The summed E-state index contributed by atoms with van der Waals surface area (Å²) in [6.45, 7) is 5.55. The molecule has 3 N–H and O–H groups in total. The number of rotatable bonds is 5. The van der Waals surface area contributed by atoms with E-state index in [9.17, 15) is 8.42 Å². The van der Waals surface area contributed by atoms with Crippen LogP contribution in [0, 0.1) is 6.92 Å². The van der Waals surface area contributed by atoms with Crippen LogP contribution in [0.15, 0.2) is 17.0 Å². The van der Waals surface area contributed by atoms with Gasteiger partial charge in [-0.2, -0.15) is 0 Å². The van der Waals surface area contributed by atoms with E-state index in [4.69, 9.17) is 17.3 Å². The van der Waals surface area contributed by atoms with Gasteiger partial charge in [-0.3, -0.25) is 0 Å². The predicted molar refractivity (Wildman–Crippen MR) is 75.3 cm³/mol. The van der Waals surface area contributed by atoms with Crippen LogP contribution in [0.1, 0.15) is 32.3 Å². The maximum atomic E-state index is 12.2. The topological polar surface area (TPSA) is 72.2 Å². The molecule has 0 saturated heterocycles. The fraction of sp³-hybridized carbons (Fsp3) is 0.500. The Morgan fingerprint density at radius 3 is 2.61 bits per heavy atom. The van der Waals surface area contributed by atoms with E-state index in [-0.39, 0.29) is 16.6 Å². The monoisotopic (exact) mass is 290 g/mol. The molecule has 0 heterocycles. The summed E-state index contributed by atoms with van der Waals surface area (Å²) in [7, 11) is -3.54. The predicted octanol–water partition coefficient (Wildman–Crippen LogP) is 2.70. The molecule has 1 unspecified atom stereocenters. The molecule has 0 fully saturated rings. The summed E-state index contributed by atoms with van der Waals surface area (Å²) in [6, 6.07) is 2.87. The molecule has 0 bridgehead atoms. The first-order valence-corrected chi connectivity index (χ1v) is 7.72. The van der Waals surface area contributed by atoms with Crippen LogP contribution in [0.25, 0.3) is 0 Å². The Balaban J connectivity index is 3.09. The number of sulfonamides is 1. The van der Waals surface area contributed by atoms with Crippen molar-refractivity contribution in [2.45, 2.75) is 44.6 Å². The Bertz CT molecular complexity index is 529. The molecule has 0 aliphatic heterocycles. The van der Waals surface area contributed by atoms with Crippen molar-refractivity contribution < 1.29 is 8.42 Å². The Kier molecular flexibility index (Phi) is 5.01. The zero-order valence-corrected chi connectivity index (χ0v) is 12.4. The Labute approximate surface area is 114 Å². The molecular formula is C12H19ClN2O2S. The van der Waals surface area contributed by atoms with Crippen molar-refractivity contribution >= 4 is 27.3 Å². The van der Waals surface area contributed by atoms with Gasteiger partial charge >= 0.3 is 0 Å². The van der Waals surface area contributed by atoms with Crippen molar-refractivity contribution in [3.8, 4) is 0 Å². The normalized spacial score (nSPS) is 13.6. The number of halogens is 1. The highest BCUT2D eigenvalue weighted by Crippen LogP contribution is 2.26. The van der Waals surface area contributed by atoms with Gasteiger partial charge in [0.2, 0.25) is 10.0 Å². The molecule has 4 nitrogen and oxygen atoms in total. The van der Waals surface area contributed by atoms with Crippen LogP contribution in [-0.4, -0.2) is 14.5 Å². The summed E-state index contributed by atoms with van der Waals surface area (Å²) in [5.74, 6) is 0. The van der Waals surface area contributed by atoms with E-state index >= 15 is 0 Å². The molecule has 0 amide bonds. The van der Waals surface area contributed by atoms with E-state index in [2.05, 4.69) is 4.72 Å². The number of hydrogen-bond acceptors (Lipinski definition) is 3. The van der Waals surface area contributed by atoms with Crippen molar-refractivity contribution in [1.82, 2.24) is 4.72 Å². The summed E-state index contributed by atoms with van der Waals surface area (Å²) < 4.78 is 27.0. The fourth-order valence-electron chi connectivity index (χ4n) is 1.78. The van der Waals surface area contributed by atoms with E-state index in [0.29, 0.717) is 10.6 Å². The molecule has 0 radical (unpaired) electrons. The van der Waals surface area contributed by atoms with Crippen LogP contribution in [0.5, 0.6) is 0 Å². The zero-order chi connectivity index (χ0) is 13.9. The van der Waals surface area contributed by atoms with E-state index in [1.807, 2.05) is 13.8 Å². The third-order valence-corrected chi connectivity index (χ3v) is 4.72. The van der Waals surface area contributed by atoms with Crippen LogP contribution >= 0.6 is 11.6 Å². The largest absolute Gasteiger partial charge is 0.397 e. The van der Waals surface area contributed by atoms with Gasteiger partial charge < -0.3 is 5.73 Å². The second-order valence-corrected chi connectivity index (χ2v) is 6.54. The Morgan fingerprint density at radius 1 is 1.44 bits per heavy atom. The van der Waals surface area contributed by atoms with Crippen molar-refractivity contribution in [3.05, 3.63) is 22.7 Å². The number of nitrogens with two attached hydrogens (primary N) is 1. The van der Waals surface area contributed by atoms with Gasteiger partial charge in [-0.05, 0) is 38.0 Å². The maximum absolute atomic E-state index is 12.2. The molecule has 0 aliphatic rings. The molecule has 102 valence electrons. The van der Waals surface area contributed by atoms with Gasteiger partial charge in [-0.15, -0.1) is 0 Å². The first-order valence-electron chi connectivity index (χ1n) is 5.86. The number of nitrogens with one attached hydrogen (secondary N) is 1. The van der Waals surface area contributed by atoms with E-state index in [1.165, 1.54) is 6.07 Å². The van der Waals surface area contributed by atoms with Crippen LogP contribution in [-0.2, 0) is 10.0 Å². The third kappa shape index (κ3) is 3.60. The maximum Gasteiger partial charge on any atom is 0.241 e. The van der Waals surface area contributed by atoms with Gasteiger partial charge in [0.25, 0.3) is 0 Å². The molecule has 0 aromatic heterocycles. The lowest BCUT2D eigenvalue weighted by molar-refractivity contribution is 0.543. The number of hydrogen-bond donors (Lipinski definition) is 2.